The third kappa shape index (κ3) is 3.75. The monoisotopic (exact) mass is 487 g/mol. The first-order valence-electron chi connectivity index (χ1n) is 9.66. The van der Waals surface area contributed by atoms with Crippen LogP contribution in [0.25, 0.3) is 17.3 Å². The maximum absolute atomic E-state index is 14.1. The molecule has 0 fully saturated rings. The number of carbonyl (C=O) groups excluding carboxylic acids is 1. The fraction of sp³-hybridized carbons (Fsp3) is 0.100. The van der Waals surface area contributed by atoms with Gasteiger partial charge in [-0.3, -0.25) is 9.20 Å². The van der Waals surface area contributed by atoms with Gasteiger partial charge in [0.05, 0.1) is 46.8 Å². The van der Waals surface area contributed by atoms with Gasteiger partial charge in [0.15, 0.2) is 11.5 Å². The highest BCUT2D eigenvalue weighted by Gasteiger charge is 2.41. The molecule has 0 aliphatic heterocycles. The number of fused-ring (bicyclic) bond motifs is 1. The fourth-order valence-electron chi connectivity index (χ4n) is 3.42. The van der Waals surface area contributed by atoms with E-state index in [0.29, 0.717) is 16.0 Å². The molecule has 34 heavy (non-hydrogen) atoms. The summed E-state index contributed by atoms with van der Waals surface area (Å²) in [4.78, 5) is 22.3. The number of nitrogens with zero attached hydrogens (tertiary/aromatic N) is 8. The van der Waals surface area contributed by atoms with E-state index in [9.17, 15) is 18.0 Å². The number of carbonyl (C=O) groups is 1. The van der Waals surface area contributed by atoms with E-state index in [-0.39, 0.29) is 22.3 Å². The van der Waals surface area contributed by atoms with E-state index in [1.54, 1.807) is 25.3 Å². The summed E-state index contributed by atoms with van der Waals surface area (Å²) in [6, 6.07) is 5.99. The number of imidazole rings is 1. The highest BCUT2D eigenvalue weighted by atomic mass is 35.5. The molecule has 0 unspecified atom stereocenters. The highest BCUT2D eigenvalue weighted by molar-refractivity contribution is 6.32. The molecular weight excluding hydrogens is 475 g/mol. The second kappa shape index (κ2) is 7.95. The molecule has 10 nitrogen and oxygen atoms in total. The minimum Gasteiger partial charge on any atom is -0.320 e. The van der Waals surface area contributed by atoms with Crippen molar-refractivity contribution < 1.29 is 18.0 Å². The Hall–Kier alpha value is -4.26. The Kier molecular flexibility index (Phi) is 5.05. The smallest absolute Gasteiger partial charge is 0.320 e. The van der Waals surface area contributed by atoms with Gasteiger partial charge >= 0.3 is 6.18 Å². The van der Waals surface area contributed by atoms with Crippen LogP contribution in [-0.4, -0.2) is 45.1 Å². The molecular formula is C20H13ClF3N9O. The van der Waals surface area contributed by atoms with Gasteiger partial charge in [0.2, 0.25) is 0 Å². The summed E-state index contributed by atoms with van der Waals surface area (Å²) in [6.45, 7) is 1.72. The van der Waals surface area contributed by atoms with Crippen molar-refractivity contribution in [1.29, 1.82) is 0 Å². The number of rotatable bonds is 4. The van der Waals surface area contributed by atoms with Crippen LogP contribution in [-0.2, 0) is 6.18 Å². The topological polar surface area (TPSA) is 108 Å². The lowest BCUT2D eigenvalue weighted by atomic mass is 10.2. The quantitative estimate of drug-likeness (QED) is 0.414. The number of hydrogen-bond donors (Lipinski definition) is 1. The van der Waals surface area contributed by atoms with E-state index in [2.05, 4.69) is 30.6 Å². The second-order valence-electron chi connectivity index (χ2n) is 7.11. The van der Waals surface area contributed by atoms with Crippen molar-refractivity contribution in [1.82, 2.24) is 39.1 Å². The van der Waals surface area contributed by atoms with Gasteiger partial charge in [-0.15, -0.1) is 4.80 Å². The zero-order valence-corrected chi connectivity index (χ0v) is 17.9. The number of nitrogens with one attached hydrogen (secondary N) is 1. The number of hydrogen-bond acceptors (Lipinski definition) is 6. The lowest BCUT2D eigenvalue weighted by Crippen LogP contribution is -2.21. The summed E-state index contributed by atoms with van der Waals surface area (Å²) >= 11 is 6.18. The first-order chi connectivity index (χ1) is 16.2. The Bertz CT molecular complexity index is 1520. The number of aromatic nitrogens is 8. The molecule has 0 aliphatic carbocycles. The summed E-state index contributed by atoms with van der Waals surface area (Å²) in [6.07, 6.45) is 1.64. The van der Waals surface area contributed by atoms with Gasteiger partial charge in [0.1, 0.15) is 11.5 Å². The molecule has 0 bridgehead atoms. The molecule has 5 aromatic heterocycles. The van der Waals surface area contributed by atoms with Crippen LogP contribution in [0.4, 0.5) is 18.9 Å². The first-order valence-corrected chi connectivity index (χ1v) is 10.0. The zero-order chi connectivity index (χ0) is 24.0. The molecule has 0 radical (unpaired) electrons. The lowest BCUT2D eigenvalue weighted by molar-refractivity contribution is -0.143. The van der Waals surface area contributed by atoms with Crippen LogP contribution in [0, 0.1) is 6.92 Å². The van der Waals surface area contributed by atoms with E-state index >= 15 is 0 Å². The maximum atomic E-state index is 14.1. The minimum atomic E-state index is -4.88. The standard InChI is InChI=1S/C20H13ClF3N9O/c1-11-10-31-15(29-11)3-2-4-16(31)32-17(20(22,23)24)13(9-28-32)19(34)30-12-7-14(21)18(25-8-12)33-26-5-6-27-33/h2-10H,1H3,(H,30,34). The van der Waals surface area contributed by atoms with Gasteiger partial charge in [-0.05, 0) is 25.1 Å². The Morgan fingerprint density at radius 2 is 1.88 bits per heavy atom. The van der Waals surface area contributed by atoms with E-state index < -0.39 is 23.3 Å². The van der Waals surface area contributed by atoms with Crippen LogP contribution in [0.1, 0.15) is 21.7 Å². The number of pyridine rings is 2. The Morgan fingerprint density at radius 1 is 1.12 bits per heavy atom. The van der Waals surface area contributed by atoms with Crippen LogP contribution in [0.3, 0.4) is 0 Å². The lowest BCUT2D eigenvalue weighted by Gasteiger charge is -2.14. The average molecular weight is 488 g/mol. The largest absolute Gasteiger partial charge is 0.434 e. The van der Waals surface area contributed by atoms with Crippen molar-refractivity contribution in [2.24, 2.45) is 0 Å². The van der Waals surface area contributed by atoms with Crippen molar-refractivity contribution in [3.05, 3.63) is 77.2 Å². The number of halogens is 4. The normalized spacial score (nSPS) is 11.8. The van der Waals surface area contributed by atoms with Gasteiger partial charge in [0, 0.05) is 6.20 Å². The molecule has 5 rings (SSSR count). The van der Waals surface area contributed by atoms with Gasteiger partial charge in [-0.1, -0.05) is 17.7 Å². The first kappa shape index (κ1) is 21.6. The van der Waals surface area contributed by atoms with Crippen LogP contribution < -0.4 is 5.32 Å². The summed E-state index contributed by atoms with van der Waals surface area (Å²) < 4.78 is 44.4. The van der Waals surface area contributed by atoms with E-state index in [1.165, 1.54) is 35.1 Å². The number of amides is 1. The van der Waals surface area contributed by atoms with Crippen molar-refractivity contribution in [2.45, 2.75) is 13.1 Å². The molecule has 0 spiro atoms. The van der Waals surface area contributed by atoms with Crippen molar-refractivity contribution in [2.75, 3.05) is 5.32 Å². The summed E-state index contributed by atoms with van der Waals surface area (Å²) in [5.41, 5.74) is -0.768. The molecule has 14 heteroatoms. The van der Waals surface area contributed by atoms with E-state index in [4.69, 9.17) is 11.6 Å². The Balaban J connectivity index is 1.53. The van der Waals surface area contributed by atoms with Crippen molar-refractivity contribution >= 4 is 28.8 Å². The molecule has 0 saturated carbocycles. The fourth-order valence-corrected chi connectivity index (χ4v) is 3.66. The Morgan fingerprint density at radius 3 is 2.59 bits per heavy atom. The molecule has 0 aromatic carbocycles. The zero-order valence-electron chi connectivity index (χ0n) is 17.2. The van der Waals surface area contributed by atoms with Gasteiger partial charge in [0.25, 0.3) is 5.91 Å². The minimum absolute atomic E-state index is 0.0743. The second-order valence-corrected chi connectivity index (χ2v) is 7.52. The average Bonchev–Trinajstić information content (AvgIpc) is 3.51. The van der Waals surface area contributed by atoms with Crippen LogP contribution in [0.5, 0.6) is 0 Å². The van der Waals surface area contributed by atoms with Crippen LogP contribution in [0.2, 0.25) is 5.02 Å². The predicted octanol–water partition coefficient (Wildman–Crippen LogP) is 3.73. The van der Waals surface area contributed by atoms with E-state index in [0.717, 1.165) is 11.0 Å². The predicted molar refractivity (Wildman–Crippen MR) is 114 cm³/mol. The summed E-state index contributed by atoms with van der Waals surface area (Å²) in [5.74, 6) is -0.766. The molecule has 0 saturated heterocycles. The number of aryl methyl sites for hydroxylation is 1. The highest BCUT2D eigenvalue weighted by Crippen LogP contribution is 2.34. The third-order valence-electron chi connectivity index (χ3n) is 4.78. The molecule has 5 aromatic rings. The molecule has 5 heterocycles. The van der Waals surface area contributed by atoms with Crippen LogP contribution >= 0.6 is 11.6 Å². The molecule has 0 atom stereocenters. The van der Waals surface area contributed by atoms with E-state index in [1.807, 2.05) is 0 Å². The maximum Gasteiger partial charge on any atom is 0.434 e. The number of alkyl halides is 3. The Labute approximate surface area is 193 Å². The van der Waals surface area contributed by atoms with Crippen molar-refractivity contribution in [3.8, 4) is 11.6 Å². The molecule has 0 aliphatic rings. The number of anilines is 1. The molecule has 1 amide bonds. The summed E-state index contributed by atoms with van der Waals surface area (Å²) in [5, 5.41) is 14.1. The van der Waals surface area contributed by atoms with Gasteiger partial charge in [-0.2, -0.15) is 28.5 Å². The SMILES string of the molecule is Cc1cn2c(-n3ncc(C(=O)Nc4cnc(-n5nccn5)c(Cl)c4)c3C(F)(F)F)cccc2n1. The van der Waals surface area contributed by atoms with Crippen LogP contribution in [0.15, 0.2) is 55.2 Å². The summed E-state index contributed by atoms with van der Waals surface area (Å²) in [7, 11) is 0. The molecule has 1 N–H and O–H groups in total. The molecule has 172 valence electrons. The van der Waals surface area contributed by atoms with Crippen molar-refractivity contribution in [3.63, 3.8) is 0 Å². The third-order valence-corrected chi connectivity index (χ3v) is 5.06. The van der Waals surface area contributed by atoms with Gasteiger partial charge < -0.3 is 5.32 Å². The van der Waals surface area contributed by atoms with Gasteiger partial charge in [-0.25, -0.2) is 14.6 Å².